The number of ether oxygens (including phenoxy) is 1. The SMILES string of the molecule is CC1(COC(C)(C)C)CCCCC1. The van der Waals surface area contributed by atoms with Gasteiger partial charge in [-0.25, -0.2) is 0 Å². The third-order valence-electron chi connectivity index (χ3n) is 2.91. The van der Waals surface area contributed by atoms with E-state index in [1.807, 2.05) is 0 Å². The summed E-state index contributed by atoms with van der Waals surface area (Å²) in [5, 5.41) is 0. The van der Waals surface area contributed by atoms with Gasteiger partial charge in [0.15, 0.2) is 0 Å². The van der Waals surface area contributed by atoms with Crippen molar-refractivity contribution in [3.8, 4) is 0 Å². The zero-order chi connectivity index (χ0) is 9.95. The Hall–Kier alpha value is -0.0400. The van der Waals surface area contributed by atoms with E-state index in [2.05, 4.69) is 27.7 Å². The monoisotopic (exact) mass is 184 g/mol. The van der Waals surface area contributed by atoms with Crippen molar-refractivity contribution in [3.05, 3.63) is 0 Å². The van der Waals surface area contributed by atoms with Crippen LogP contribution in [0.5, 0.6) is 0 Å². The van der Waals surface area contributed by atoms with E-state index in [-0.39, 0.29) is 5.60 Å². The van der Waals surface area contributed by atoms with Crippen LogP contribution in [-0.2, 0) is 4.74 Å². The molecule has 1 aliphatic carbocycles. The van der Waals surface area contributed by atoms with Crippen molar-refractivity contribution in [2.24, 2.45) is 5.41 Å². The molecule has 13 heavy (non-hydrogen) atoms. The number of hydrogen-bond donors (Lipinski definition) is 0. The Morgan fingerprint density at radius 1 is 1.08 bits per heavy atom. The molecule has 0 heterocycles. The first-order valence-electron chi connectivity index (χ1n) is 5.55. The lowest BCUT2D eigenvalue weighted by Crippen LogP contribution is -2.31. The average molecular weight is 184 g/mol. The predicted molar refractivity (Wildman–Crippen MR) is 56.9 cm³/mol. The third kappa shape index (κ3) is 4.12. The van der Waals surface area contributed by atoms with Crippen LogP contribution in [0.3, 0.4) is 0 Å². The molecule has 78 valence electrons. The fourth-order valence-electron chi connectivity index (χ4n) is 1.94. The lowest BCUT2D eigenvalue weighted by atomic mass is 9.76. The van der Waals surface area contributed by atoms with E-state index in [9.17, 15) is 0 Å². The number of hydrogen-bond acceptors (Lipinski definition) is 1. The fourth-order valence-corrected chi connectivity index (χ4v) is 1.94. The highest BCUT2D eigenvalue weighted by molar-refractivity contribution is 4.79. The van der Waals surface area contributed by atoms with Gasteiger partial charge in [-0.3, -0.25) is 0 Å². The standard InChI is InChI=1S/C12H24O/c1-11(2,3)13-10-12(4)8-6-5-7-9-12/h5-10H2,1-4H3. The minimum atomic E-state index is 0.0282. The van der Waals surface area contributed by atoms with E-state index >= 15 is 0 Å². The summed E-state index contributed by atoms with van der Waals surface area (Å²) in [6.45, 7) is 9.73. The molecule has 0 aliphatic heterocycles. The van der Waals surface area contributed by atoms with Gasteiger partial charge in [0.1, 0.15) is 0 Å². The van der Waals surface area contributed by atoms with E-state index in [0.717, 1.165) is 6.61 Å². The van der Waals surface area contributed by atoms with Gasteiger partial charge < -0.3 is 4.74 Å². The van der Waals surface area contributed by atoms with Crippen LogP contribution < -0.4 is 0 Å². The van der Waals surface area contributed by atoms with Gasteiger partial charge in [0.25, 0.3) is 0 Å². The zero-order valence-corrected chi connectivity index (χ0v) is 9.65. The minimum absolute atomic E-state index is 0.0282. The Balaban J connectivity index is 2.33. The summed E-state index contributed by atoms with van der Waals surface area (Å²) in [6, 6.07) is 0. The molecular formula is C12H24O. The first kappa shape index (κ1) is 11.0. The van der Waals surface area contributed by atoms with Crippen molar-refractivity contribution >= 4 is 0 Å². The highest BCUT2D eigenvalue weighted by Gasteiger charge is 2.28. The molecule has 0 N–H and O–H groups in total. The Morgan fingerprint density at radius 3 is 2.08 bits per heavy atom. The maximum Gasteiger partial charge on any atom is 0.0598 e. The van der Waals surface area contributed by atoms with Crippen molar-refractivity contribution < 1.29 is 4.74 Å². The largest absolute Gasteiger partial charge is 0.375 e. The Morgan fingerprint density at radius 2 is 1.62 bits per heavy atom. The molecule has 0 unspecified atom stereocenters. The molecule has 0 aromatic carbocycles. The molecule has 0 bridgehead atoms. The molecular weight excluding hydrogens is 160 g/mol. The normalized spacial score (nSPS) is 23.1. The highest BCUT2D eigenvalue weighted by Crippen LogP contribution is 2.36. The summed E-state index contributed by atoms with van der Waals surface area (Å²) in [5.41, 5.74) is 0.492. The van der Waals surface area contributed by atoms with Gasteiger partial charge in [0.05, 0.1) is 12.2 Å². The van der Waals surface area contributed by atoms with E-state index < -0.39 is 0 Å². The molecule has 1 saturated carbocycles. The van der Waals surface area contributed by atoms with Gasteiger partial charge in [0.2, 0.25) is 0 Å². The Labute approximate surface area is 82.9 Å². The molecule has 0 radical (unpaired) electrons. The van der Waals surface area contributed by atoms with Crippen molar-refractivity contribution in [2.45, 2.75) is 65.4 Å². The first-order chi connectivity index (χ1) is 5.91. The van der Waals surface area contributed by atoms with Crippen LogP contribution >= 0.6 is 0 Å². The van der Waals surface area contributed by atoms with E-state index in [0.29, 0.717) is 5.41 Å². The van der Waals surface area contributed by atoms with E-state index in [1.165, 1.54) is 32.1 Å². The molecule has 0 spiro atoms. The second-order valence-corrected chi connectivity index (χ2v) is 5.77. The molecule has 0 saturated heterocycles. The van der Waals surface area contributed by atoms with Crippen molar-refractivity contribution in [2.75, 3.05) is 6.61 Å². The van der Waals surface area contributed by atoms with Crippen LogP contribution in [0.15, 0.2) is 0 Å². The summed E-state index contributed by atoms with van der Waals surface area (Å²) in [4.78, 5) is 0. The smallest absolute Gasteiger partial charge is 0.0598 e. The maximum atomic E-state index is 5.87. The average Bonchev–Trinajstić information content (AvgIpc) is 2.02. The van der Waals surface area contributed by atoms with Crippen LogP contribution in [-0.4, -0.2) is 12.2 Å². The summed E-state index contributed by atoms with van der Waals surface area (Å²) < 4.78 is 5.87. The molecule has 0 atom stereocenters. The fraction of sp³-hybridized carbons (Fsp3) is 1.00. The van der Waals surface area contributed by atoms with Gasteiger partial charge in [-0.2, -0.15) is 0 Å². The lowest BCUT2D eigenvalue weighted by Gasteiger charge is -2.35. The summed E-state index contributed by atoms with van der Waals surface area (Å²) in [5.74, 6) is 0. The molecule has 1 rings (SSSR count). The minimum Gasteiger partial charge on any atom is -0.375 e. The predicted octanol–water partition coefficient (Wildman–Crippen LogP) is 3.77. The Kier molecular flexibility index (Phi) is 3.39. The molecule has 0 aromatic heterocycles. The lowest BCUT2D eigenvalue weighted by molar-refractivity contribution is -0.0573. The molecule has 1 fully saturated rings. The third-order valence-corrected chi connectivity index (χ3v) is 2.91. The highest BCUT2D eigenvalue weighted by atomic mass is 16.5. The van der Waals surface area contributed by atoms with Gasteiger partial charge >= 0.3 is 0 Å². The summed E-state index contributed by atoms with van der Waals surface area (Å²) in [7, 11) is 0. The van der Waals surface area contributed by atoms with E-state index in [4.69, 9.17) is 4.74 Å². The molecule has 1 nitrogen and oxygen atoms in total. The van der Waals surface area contributed by atoms with Crippen LogP contribution in [0, 0.1) is 5.41 Å². The van der Waals surface area contributed by atoms with Gasteiger partial charge in [-0.15, -0.1) is 0 Å². The van der Waals surface area contributed by atoms with Gasteiger partial charge in [-0.1, -0.05) is 26.2 Å². The van der Waals surface area contributed by atoms with Crippen molar-refractivity contribution in [1.82, 2.24) is 0 Å². The molecule has 1 aliphatic rings. The zero-order valence-electron chi connectivity index (χ0n) is 9.65. The van der Waals surface area contributed by atoms with Crippen LogP contribution in [0.1, 0.15) is 59.8 Å². The maximum absolute atomic E-state index is 5.87. The van der Waals surface area contributed by atoms with Gasteiger partial charge in [-0.05, 0) is 39.0 Å². The first-order valence-corrected chi connectivity index (χ1v) is 5.55. The van der Waals surface area contributed by atoms with Crippen molar-refractivity contribution in [1.29, 1.82) is 0 Å². The van der Waals surface area contributed by atoms with Crippen molar-refractivity contribution in [3.63, 3.8) is 0 Å². The molecule has 1 heteroatoms. The van der Waals surface area contributed by atoms with Crippen LogP contribution in [0.4, 0.5) is 0 Å². The second-order valence-electron chi connectivity index (χ2n) is 5.77. The van der Waals surface area contributed by atoms with E-state index in [1.54, 1.807) is 0 Å². The van der Waals surface area contributed by atoms with Gasteiger partial charge in [0, 0.05) is 0 Å². The quantitative estimate of drug-likeness (QED) is 0.634. The number of rotatable bonds is 2. The summed E-state index contributed by atoms with van der Waals surface area (Å²) in [6.07, 6.45) is 6.91. The van der Waals surface area contributed by atoms with Crippen LogP contribution in [0.2, 0.25) is 0 Å². The molecule has 0 amide bonds. The second kappa shape index (κ2) is 4.00. The summed E-state index contributed by atoms with van der Waals surface area (Å²) >= 11 is 0. The van der Waals surface area contributed by atoms with Crippen LogP contribution in [0.25, 0.3) is 0 Å². The topological polar surface area (TPSA) is 9.23 Å². The molecule has 0 aromatic rings. The Bertz CT molecular complexity index is 149.